The first-order valence-electron chi connectivity index (χ1n) is 9.24. The molecule has 0 saturated heterocycles. The Labute approximate surface area is 171 Å². The van der Waals surface area contributed by atoms with E-state index in [1.165, 1.54) is 0 Å². The molecule has 29 heavy (non-hydrogen) atoms. The summed E-state index contributed by atoms with van der Waals surface area (Å²) in [7, 11) is 1.78. The number of aryl methyl sites for hydroxylation is 2. The maximum atomic E-state index is 12.3. The first-order valence-corrected chi connectivity index (χ1v) is 10.1. The molecule has 0 aliphatic rings. The zero-order valence-electron chi connectivity index (χ0n) is 16.7. The normalized spacial score (nSPS) is 13.3. The van der Waals surface area contributed by atoms with Gasteiger partial charge in [-0.05, 0) is 65.9 Å². The summed E-state index contributed by atoms with van der Waals surface area (Å²) < 4.78 is 2.62. The van der Waals surface area contributed by atoms with Gasteiger partial charge in [-0.15, -0.1) is 16.4 Å². The number of rotatable bonds is 5. The maximum Gasteiger partial charge on any atom is 0.310 e. The fraction of sp³-hybridized carbons (Fsp3) is 0.333. The SMILES string of the molecule is Cc1c(C(c2cc(CO)c3sccc3c2)C(C)(C)C(=O)O)cnc2c1nnn2C. The van der Waals surface area contributed by atoms with Gasteiger partial charge in [0.05, 0.1) is 12.0 Å². The Kier molecular flexibility index (Phi) is 4.63. The van der Waals surface area contributed by atoms with Crippen LogP contribution < -0.4 is 0 Å². The summed E-state index contributed by atoms with van der Waals surface area (Å²) in [6.45, 7) is 5.26. The van der Waals surface area contributed by atoms with Gasteiger partial charge >= 0.3 is 5.97 Å². The molecular formula is C21H22N4O3S. The Morgan fingerprint density at radius 1 is 1.34 bits per heavy atom. The van der Waals surface area contributed by atoms with E-state index < -0.39 is 17.3 Å². The predicted molar refractivity (Wildman–Crippen MR) is 112 cm³/mol. The summed E-state index contributed by atoms with van der Waals surface area (Å²) in [6, 6.07) is 5.92. The second-order valence-corrected chi connectivity index (χ2v) is 8.78. The molecule has 4 aromatic rings. The molecule has 2 N–H and O–H groups in total. The molecule has 7 nitrogen and oxygen atoms in total. The number of aliphatic carboxylic acids is 1. The van der Waals surface area contributed by atoms with Crippen LogP contribution in [0.2, 0.25) is 0 Å². The molecule has 8 heteroatoms. The number of hydrogen-bond acceptors (Lipinski definition) is 6. The molecule has 4 rings (SSSR count). The highest BCUT2D eigenvalue weighted by Gasteiger charge is 2.40. The molecule has 0 bridgehead atoms. The number of aromatic nitrogens is 4. The Hall–Kier alpha value is -2.84. The van der Waals surface area contributed by atoms with Gasteiger partial charge in [0.15, 0.2) is 5.65 Å². The summed E-state index contributed by atoms with van der Waals surface area (Å²) in [5, 5.41) is 31.2. The third-order valence-electron chi connectivity index (χ3n) is 5.65. The largest absolute Gasteiger partial charge is 0.481 e. The van der Waals surface area contributed by atoms with E-state index in [0.29, 0.717) is 11.2 Å². The number of carboxylic acids is 1. The van der Waals surface area contributed by atoms with E-state index in [-0.39, 0.29) is 6.61 Å². The van der Waals surface area contributed by atoms with Crippen molar-refractivity contribution in [2.75, 3.05) is 0 Å². The minimum absolute atomic E-state index is 0.106. The van der Waals surface area contributed by atoms with Crippen LogP contribution in [0.3, 0.4) is 0 Å². The van der Waals surface area contributed by atoms with Crippen LogP contribution in [0, 0.1) is 12.3 Å². The standard InChI is InChI=1S/C21H22N4O3S/c1-11-15(9-22-19-17(11)23-24-25(19)4)16(21(2,3)20(27)28)13-7-12-5-6-29-18(12)14(8-13)10-26/h5-9,16,26H,10H2,1-4H3,(H,27,28). The number of benzene rings is 1. The summed E-state index contributed by atoms with van der Waals surface area (Å²) >= 11 is 1.57. The average Bonchev–Trinajstić information content (AvgIpc) is 3.30. The van der Waals surface area contributed by atoms with Gasteiger partial charge in [-0.25, -0.2) is 9.67 Å². The first-order chi connectivity index (χ1) is 13.8. The average molecular weight is 410 g/mol. The summed E-state index contributed by atoms with van der Waals surface area (Å²) in [4.78, 5) is 16.8. The molecule has 0 aliphatic carbocycles. The summed E-state index contributed by atoms with van der Waals surface area (Å²) in [5.74, 6) is -1.38. The molecule has 0 saturated carbocycles. The quantitative estimate of drug-likeness (QED) is 0.521. The molecule has 3 aromatic heterocycles. The lowest BCUT2D eigenvalue weighted by atomic mass is 9.70. The van der Waals surface area contributed by atoms with Crippen LogP contribution in [0.4, 0.5) is 0 Å². The Morgan fingerprint density at radius 2 is 2.10 bits per heavy atom. The lowest BCUT2D eigenvalue weighted by molar-refractivity contribution is -0.147. The number of fused-ring (bicyclic) bond motifs is 2. The van der Waals surface area contributed by atoms with Gasteiger partial charge in [-0.1, -0.05) is 11.3 Å². The summed E-state index contributed by atoms with van der Waals surface area (Å²) in [5.41, 5.74) is 3.49. The van der Waals surface area contributed by atoms with Gasteiger partial charge in [0.1, 0.15) is 5.52 Å². The van der Waals surface area contributed by atoms with Gasteiger partial charge in [-0.2, -0.15) is 0 Å². The van der Waals surface area contributed by atoms with E-state index in [9.17, 15) is 15.0 Å². The fourth-order valence-corrected chi connectivity index (χ4v) is 4.86. The molecular weight excluding hydrogens is 388 g/mol. The first kappa shape index (κ1) is 19.5. The van der Waals surface area contributed by atoms with Crippen LogP contribution >= 0.6 is 11.3 Å². The van der Waals surface area contributed by atoms with Crippen molar-refractivity contribution in [3.05, 3.63) is 52.0 Å². The van der Waals surface area contributed by atoms with Gasteiger partial charge in [-0.3, -0.25) is 4.79 Å². The minimum atomic E-state index is -1.11. The predicted octanol–water partition coefficient (Wildman–Crippen LogP) is 3.62. The number of thiophene rings is 1. The van der Waals surface area contributed by atoms with E-state index in [1.807, 2.05) is 30.5 Å². The molecule has 1 atom stereocenters. The third-order valence-corrected chi connectivity index (χ3v) is 6.66. The number of hydrogen-bond donors (Lipinski definition) is 2. The zero-order chi connectivity index (χ0) is 20.9. The second-order valence-electron chi connectivity index (χ2n) is 7.86. The lowest BCUT2D eigenvalue weighted by Crippen LogP contribution is -2.32. The number of nitrogens with zero attached hydrogens (tertiary/aromatic N) is 4. The van der Waals surface area contributed by atoms with Crippen molar-refractivity contribution < 1.29 is 15.0 Å². The van der Waals surface area contributed by atoms with Crippen molar-refractivity contribution in [2.24, 2.45) is 12.5 Å². The fourth-order valence-electron chi connectivity index (χ4n) is 3.97. The molecule has 0 amide bonds. The Bertz CT molecular complexity index is 1240. The van der Waals surface area contributed by atoms with Crippen molar-refractivity contribution in [1.29, 1.82) is 0 Å². The molecule has 1 aromatic carbocycles. The summed E-state index contributed by atoms with van der Waals surface area (Å²) in [6.07, 6.45) is 1.73. The maximum absolute atomic E-state index is 12.3. The number of carbonyl (C=O) groups is 1. The van der Waals surface area contributed by atoms with Crippen LogP contribution in [0.25, 0.3) is 21.3 Å². The van der Waals surface area contributed by atoms with Crippen molar-refractivity contribution in [2.45, 2.75) is 33.3 Å². The Balaban J connectivity index is 2.02. The van der Waals surface area contributed by atoms with Crippen LogP contribution in [0.1, 0.15) is 42.0 Å². The molecule has 0 spiro atoms. The van der Waals surface area contributed by atoms with Crippen LogP contribution in [-0.2, 0) is 18.4 Å². The van der Waals surface area contributed by atoms with Crippen LogP contribution in [0.5, 0.6) is 0 Å². The monoisotopic (exact) mass is 410 g/mol. The van der Waals surface area contributed by atoms with Gasteiger partial charge in [0.25, 0.3) is 0 Å². The van der Waals surface area contributed by atoms with Crippen molar-refractivity contribution in [1.82, 2.24) is 20.0 Å². The smallest absolute Gasteiger partial charge is 0.310 e. The van der Waals surface area contributed by atoms with Crippen molar-refractivity contribution in [3.8, 4) is 0 Å². The van der Waals surface area contributed by atoms with Crippen molar-refractivity contribution in [3.63, 3.8) is 0 Å². The van der Waals surface area contributed by atoms with Gasteiger partial charge < -0.3 is 10.2 Å². The number of pyridine rings is 1. The Morgan fingerprint density at radius 3 is 2.79 bits per heavy atom. The van der Waals surface area contributed by atoms with Crippen LogP contribution in [-0.4, -0.2) is 36.2 Å². The van der Waals surface area contributed by atoms with E-state index in [1.54, 1.807) is 43.1 Å². The van der Waals surface area contributed by atoms with E-state index in [0.717, 1.165) is 32.3 Å². The van der Waals surface area contributed by atoms with Crippen LogP contribution in [0.15, 0.2) is 29.8 Å². The second kappa shape index (κ2) is 6.89. The lowest BCUT2D eigenvalue weighted by Gasteiger charge is -2.32. The van der Waals surface area contributed by atoms with Gasteiger partial charge in [0, 0.05) is 23.9 Å². The molecule has 150 valence electrons. The molecule has 0 radical (unpaired) electrons. The molecule has 0 aliphatic heterocycles. The highest BCUT2D eigenvalue weighted by molar-refractivity contribution is 7.17. The highest BCUT2D eigenvalue weighted by Crippen LogP contribution is 2.44. The number of aliphatic hydroxyl groups excluding tert-OH is 1. The van der Waals surface area contributed by atoms with E-state index in [2.05, 4.69) is 15.3 Å². The zero-order valence-corrected chi connectivity index (χ0v) is 17.5. The number of aliphatic hydroxyl groups is 1. The third kappa shape index (κ3) is 2.99. The van der Waals surface area contributed by atoms with Gasteiger partial charge in [0.2, 0.25) is 0 Å². The van der Waals surface area contributed by atoms with E-state index >= 15 is 0 Å². The minimum Gasteiger partial charge on any atom is -0.481 e. The number of carboxylic acid groups (broad SMARTS) is 1. The molecule has 3 heterocycles. The van der Waals surface area contributed by atoms with Crippen molar-refractivity contribution >= 4 is 38.6 Å². The molecule has 0 fully saturated rings. The van der Waals surface area contributed by atoms with E-state index in [4.69, 9.17) is 0 Å². The topological polar surface area (TPSA) is 101 Å². The highest BCUT2D eigenvalue weighted by atomic mass is 32.1. The molecule has 1 unspecified atom stereocenters.